The molecule has 0 atom stereocenters. The molecule has 6 aromatic rings. The molecule has 0 spiro atoms. The van der Waals surface area contributed by atoms with Crippen LogP contribution in [0.1, 0.15) is 44.5 Å². The second kappa shape index (κ2) is 16.6. The first-order valence-electron chi connectivity index (χ1n) is 16.8. The number of nitrogens with zero attached hydrogens (tertiary/aromatic N) is 1. The highest BCUT2D eigenvalue weighted by Crippen LogP contribution is 2.32. The van der Waals surface area contributed by atoms with Crippen LogP contribution in [0, 0.1) is 13.8 Å². The lowest BCUT2D eigenvalue weighted by molar-refractivity contribution is 1.27. The van der Waals surface area contributed by atoms with Crippen molar-refractivity contribution in [2.75, 3.05) is 4.90 Å². The van der Waals surface area contributed by atoms with Crippen LogP contribution >= 0.6 is 0 Å². The molecule has 0 amide bonds. The second-order valence-corrected chi connectivity index (χ2v) is 12.1. The molecule has 238 valence electrons. The SMILES string of the molecule is Cc1ccc(C(=CN(c2ccc(/C=C/C=C/c3ccccc3)cc2)c2ccc(/C=C/C=C/c3ccccc3)cc2)c2ccc(C)cc2)cc1. The quantitative estimate of drug-likeness (QED) is 0.129. The summed E-state index contributed by atoms with van der Waals surface area (Å²) in [6, 6.07) is 55.8. The monoisotopic (exact) mass is 631 g/mol. The van der Waals surface area contributed by atoms with Gasteiger partial charge in [-0.3, -0.25) is 0 Å². The van der Waals surface area contributed by atoms with Crippen LogP contribution in [0.5, 0.6) is 0 Å². The lowest BCUT2D eigenvalue weighted by Gasteiger charge is -2.24. The highest BCUT2D eigenvalue weighted by atomic mass is 15.1. The van der Waals surface area contributed by atoms with Crippen molar-refractivity contribution in [1.29, 1.82) is 0 Å². The van der Waals surface area contributed by atoms with Gasteiger partial charge in [-0.1, -0.05) is 193 Å². The summed E-state index contributed by atoms with van der Waals surface area (Å²) in [4.78, 5) is 2.29. The van der Waals surface area contributed by atoms with Gasteiger partial charge < -0.3 is 4.90 Å². The zero-order valence-corrected chi connectivity index (χ0v) is 28.2. The molecule has 0 aromatic heterocycles. The Hall–Kier alpha value is -6.18. The summed E-state index contributed by atoms with van der Waals surface area (Å²) in [5.74, 6) is 0. The molecule has 49 heavy (non-hydrogen) atoms. The van der Waals surface area contributed by atoms with Crippen LogP contribution in [0.4, 0.5) is 11.4 Å². The Morgan fingerprint density at radius 1 is 0.367 bits per heavy atom. The standard InChI is InChI=1S/C48H41N/c1-38-21-29-44(30-22-38)48(45-31-23-39(2)24-32-45)37-49(46-33-25-42(26-34-46)19-11-9-17-40-13-5-3-6-14-40)47-35-27-43(28-36-47)20-12-10-18-41-15-7-4-8-16-41/h3-37H,1-2H3/b17-9+,18-10+,19-11+,20-12+. The third-order valence-corrected chi connectivity index (χ3v) is 8.30. The minimum atomic E-state index is 1.09. The van der Waals surface area contributed by atoms with E-state index in [4.69, 9.17) is 0 Å². The minimum Gasteiger partial charge on any atom is -0.317 e. The van der Waals surface area contributed by atoms with Gasteiger partial charge in [0.15, 0.2) is 0 Å². The van der Waals surface area contributed by atoms with Crippen molar-refractivity contribution >= 4 is 41.3 Å². The molecule has 0 heterocycles. The molecule has 6 aromatic carbocycles. The average Bonchev–Trinajstić information content (AvgIpc) is 3.15. The van der Waals surface area contributed by atoms with E-state index in [9.17, 15) is 0 Å². The number of rotatable bonds is 11. The van der Waals surface area contributed by atoms with E-state index in [0.717, 1.165) is 28.1 Å². The van der Waals surface area contributed by atoms with Gasteiger partial charge in [0.2, 0.25) is 0 Å². The number of anilines is 2. The van der Waals surface area contributed by atoms with Crippen LogP contribution in [-0.2, 0) is 0 Å². The van der Waals surface area contributed by atoms with Crippen LogP contribution in [0.25, 0.3) is 29.9 Å². The van der Waals surface area contributed by atoms with E-state index in [-0.39, 0.29) is 0 Å². The molecule has 0 unspecified atom stereocenters. The lowest BCUT2D eigenvalue weighted by Crippen LogP contribution is -2.10. The zero-order valence-electron chi connectivity index (χ0n) is 28.2. The Labute approximate surface area is 291 Å². The molecule has 1 heteroatoms. The Morgan fingerprint density at radius 3 is 1.04 bits per heavy atom. The van der Waals surface area contributed by atoms with E-state index in [2.05, 4.69) is 219 Å². The second-order valence-electron chi connectivity index (χ2n) is 12.1. The smallest absolute Gasteiger partial charge is 0.0456 e. The van der Waals surface area contributed by atoms with Crippen molar-refractivity contribution in [3.05, 3.63) is 233 Å². The lowest BCUT2D eigenvalue weighted by atomic mass is 9.96. The van der Waals surface area contributed by atoms with E-state index in [1.807, 2.05) is 12.1 Å². The minimum absolute atomic E-state index is 1.09. The average molecular weight is 632 g/mol. The van der Waals surface area contributed by atoms with Crippen LogP contribution in [-0.4, -0.2) is 0 Å². The third-order valence-electron chi connectivity index (χ3n) is 8.30. The molecular formula is C48H41N. The Balaban J connectivity index is 1.33. The van der Waals surface area contributed by atoms with Gasteiger partial charge in [0, 0.05) is 23.1 Å². The predicted octanol–water partition coefficient (Wildman–Crippen LogP) is 13.0. The van der Waals surface area contributed by atoms with Crippen molar-refractivity contribution in [1.82, 2.24) is 0 Å². The number of benzene rings is 6. The first-order valence-corrected chi connectivity index (χ1v) is 16.8. The van der Waals surface area contributed by atoms with Crippen LogP contribution < -0.4 is 4.90 Å². The van der Waals surface area contributed by atoms with Gasteiger partial charge in [0.25, 0.3) is 0 Å². The fraction of sp³-hybridized carbons (Fsp3) is 0.0417. The maximum Gasteiger partial charge on any atom is 0.0456 e. The van der Waals surface area contributed by atoms with Crippen molar-refractivity contribution in [3.63, 3.8) is 0 Å². The number of aryl methyl sites for hydroxylation is 2. The normalized spacial score (nSPS) is 11.6. The third kappa shape index (κ3) is 9.44. The maximum atomic E-state index is 2.29. The van der Waals surface area contributed by atoms with Gasteiger partial charge in [0.05, 0.1) is 0 Å². The van der Waals surface area contributed by atoms with Crippen LogP contribution in [0.3, 0.4) is 0 Å². The van der Waals surface area contributed by atoms with Crippen molar-refractivity contribution in [3.8, 4) is 0 Å². The summed E-state index contributed by atoms with van der Waals surface area (Å²) in [7, 11) is 0. The van der Waals surface area contributed by atoms with E-state index < -0.39 is 0 Å². The van der Waals surface area contributed by atoms with Gasteiger partial charge in [-0.15, -0.1) is 0 Å². The first-order chi connectivity index (χ1) is 24.1. The number of hydrogen-bond acceptors (Lipinski definition) is 1. The fourth-order valence-electron chi connectivity index (χ4n) is 5.50. The van der Waals surface area contributed by atoms with E-state index in [1.54, 1.807) is 0 Å². The molecule has 0 aliphatic heterocycles. The summed E-state index contributed by atoms with van der Waals surface area (Å²) >= 11 is 0. The molecule has 6 rings (SSSR count). The summed E-state index contributed by atoms with van der Waals surface area (Å²) in [6.07, 6.45) is 19.1. The molecule has 0 fully saturated rings. The first kappa shape index (κ1) is 32.7. The molecule has 0 aliphatic carbocycles. The highest BCUT2D eigenvalue weighted by molar-refractivity contribution is 5.84. The molecule has 0 radical (unpaired) electrons. The van der Waals surface area contributed by atoms with Gasteiger partial charge in [0.1, 0.15) is 0 Å². The van der Waals surface area contributed by atoms with Gasteiger partial charge in [-0.25, -0.2) is 0 Å². The Morgan fingerprint density at radius 2 is 0.694 bits per heavy atom. The molecule has 0 N–H and O–H groups in total. The summed E-state index contributed by atoms with van der Waals surface area (Å²) in [5.41, 5.74) is 12.8. The maximum absolute atomic E-state index is 2.29. The predicted molar refractivity (Wildman–Crippen MR) is 213 cm³/mol. The van der Waals surface area contributed by atoms with E-state index in [1.165, 1.54) is 33.4 Å². The van der Waals surface area contributed by atoms with Crippen molar-refractivity contribution in [2.24, 2.45) is 0 Å². The van der Waals surface area contributed by atoms with Gasteiger partial charge in [-0.2, -0.15) is 0 Å². The summed E-state index contributed by atoms with van der Waals surface area (Å²) in [5, 5.41) is 0. The number of hydrogen-bond donors (Lipinski definition) is 0. The topological polar surface area (TPSA) is 3.24 Å². The Kier molecular flexibility index (Phi) is 11.1. The van der Waals surface area contributed by atoms with E-state index in [0.29, 0.717) is 0 Å². The van der Waals surface area contributed by atoms with Crippen molar-refractivity contribution in [2.45, 2.75) is 13.8 Å². The molecule has 0 aliphatic rings. The Bertz CT molecular complexity index is 1910. The molecule has 0 saturated heterocycles. The summed E-state index contributed by atoms with van der Waals surface area (Å²) in [6.45, 7) is 4.26. The molecule has 0 bridgehead atoms. The van der Waals surface area contributed by atoms with E-state index >= 15 is 0 Å². The molecule has 1 nitrogen and oxygen atoms in total. The fourth-order valence-corrected chi connectivity index (χ4v) is 5.50. The largest absolute Gasteiger partial charge is 0.317 e. The van der Waals surface area contributed by atoms with Gasteiger partial charge >= 0.3 is 0 Å². The number of allylic oxidation sites excluding steroid dienone is 4. The van der Waals surface area contributed by atoms with Gasteiger partial charge in [-0.05, 0) is 71.5 Å². The zero-order chi connectivity index (χ0) is 33.7. The highest BCUT2D eigenvalue weighted by Gasteiger charge is 2.12. The summed E-state index contributed by atoms with van der Waals surface area (Å²) < 4.78 is 0. The molecular weight excluding hydrogens is 591 g/mol. The molecule has 0 saturated carbocycles. The van der Waals surface area contributed by atoms with Crippen LogP contribution in [0.15, 0.2) is 188 Å². The van der Waals surface area contributed by atoms with Crippen molar-refractivity contribution < 1.29 is 0 Å². The van der Waals surface area contributed by atoms with Crippen LogP contribution in [0.2, 0.25) is 0 Å².